The highest BCUT2D eigenvalue weighted by Gasteiger charge is 2.20. The number of amides is 1. The Hall–Kier alpha value is -2.25. The first-order chi connectivity index (χ1) is 12.9. The molecule has 8 heteroatoms. The van der Waals surface area contributed by atoms with Crippen LogP contribution in [-0.2, 0) is 10.0 Å². The standard InChI is InChI=1S/C19H23ClN2O4S/c1-3-4-5-12-21-19(23)14-6-11-17(20)18(13-14)27(24,25)22-15-7-9-16(26-2)10-8-15/h6-11,13,22H,3-5,12H2,1-2H3,(H,21,23). The van der Waals surface area contributed by atoms with E-state index in [1.165, 1.54) is 25.3 Å². The Labute approximate surface area is 164 Å². The number of methoxy groups -OCH3 is 1. The number of unbranched alkanes of at least 4 members (excludes halogenated alkanes) is 2. The van der Waals surface area contributed by atoms with E-state index in [1.54, 1.807) is 24.3 Å². The third-order valence-electron chi connectivity index (χ3n) is 3.89. The van der Waals surface area contributed by atoms with Crippen molar-refractivity contribution in [3.63, 3.8) is 0 Å². The van der Waals surface area contributed by atoms with Crippen molar-refractivity contribution in [2.24, 2.45) is 0 Å². The normalized spacial score (nSPS) is 11.1. The summed E-state index contributed by atoms with van der Waals surface area (Å²) in [6.45, 7) is 2.62. The Morgan fingerprint density at radius 3 is 2.44 bits per heavy atom. The van der Waals surface area contributed by atoms with Crippen molar-refractivity contribution in [3.8, 4) is 5.75 Å². The highest BCUT2D eigenvalue weighted by Crippen LogP contribution is 2.26. The molecule has 0 heterocycles. The zero-order chi connectivity index (χ0) is 19.9. The first kappa shape index (κ1) is 21.1. The second-order valence-electron chi connectivity index (χ2n) is 5.94. The van der Waals surface area contributed by atoms with Crippen LogP contribution in [0.1, 0.15) is 36.5 Å². The summed E-state index contributed by atoms with van der Waals surface area (Å²) >= 11 is 6.07. The molecule has 146 valence electrons. The maximum absolute atomic E-state index is 12.7. The molecule has 2 rings (SSSR count). The summed E-state index contributed by atoms with van der Waals surface area (Å²) in [5, 5.41) is 2.82. The van der Waals surface area contributed by atoms with Gasteiger partial charge in [-0.15, -0.1) is 0 Å². The van der Waals surface area contributed by atoms with Crippen molar-refractivity contribution in [1.29, 1.82) is 0 Å². The highest BCUT2D eigenvalue weighted by atomic mass is 35.5. The van der Waals surface area contributed by atoms with E-state index in [4.69, 9.17) is 16.3 Å². The van der Waals surface area contributed by atoms with Crippen molar-refractivity contribution in [1.82, 2.24) is 5.32 Å². The first-order valence-corrected chi connectivity index (χ1v) is 10.5. The van der Waals surface area contributed by atoms with E-state index in [0.29, 0.717) is 18.0 Å². The number of ether oxygens (including phenoxy) is 1. The molecule has 2 aromatic rings. The van der Waals surface area contributed by atoms with Gasteiger partial charge in [-0.25, -0.2) is 8.42 Å². The van der Waals surface area contributed by atoms with Gasteiger partial charge in [-0.1, -0.05) is 31.4 Å². The van der Waals surface area contributed by atoms with Crippen LogP contribution in [0, 0.1) is 0 Å². The summed E-state index contributed by atoms with van der Waals surface area (Å²) in [4.78, 5) is 12.1. The Morgan fingerprint density at radius 2 is 1.81 bits per heavy atom. The van der Waals surface area contributed by atoms with Crippen molar-refractivity contribution in [3.05, 3.63) is 53.1 Å². The fourth-order valence-corrected chi connectivity index (χ4v) is 3.98. The van der Waals surface area contributed by atoms with Crippen LogP contribution in [-0.4, -0.2) is 28.0 Å². The van der Waals surface area contributed by atoms with Gasteiger partial charge in [0.05, 0.1) is 12.1 Å². The number of carbonyl (C=O) groups excluding carboxylic acids is 1. The molecule has 2 N–H and O–H groups in total. The van der Waals surface area contributed by atoms with Gasteiger partial charge in [-0.2, -0.15) is 0 Å². The molecule has 0 aromatic heterocycles. The molecule has 0 radical (unpaired) electrons. The van der Waals surface area contributed by atoms with Gasteiger partial charge in [0.1, 0.15) is 10.6 Å². The number of rotatable bonds is 9. The molecule has 0 aliphatic heterocycles. The maximum atomic E-state index is 12.7. The predicted octanol–water partition coefficient (Wildman–Crippen LogP) is 4.07. The number of benzene rings is 2. The Balaban J connectivity index is 2.18. The Bertz CT molecular complexity index is 883. The van der Waals surface area contributed by atoms with Crippen LogP contribution >= 0.6 is 11.6 Å². The molecular weight excluding hydrogens is 388 g/mol. The number of anilines is 1. The summed E-state index contributed by atoms with van der Waals surface area (Å²) in [6.07, 6.45) is 2.95. The molecule has 0 aliphatic rings. The van der Waals surface area contributed by atoms with Crippen LogP contribution in [0.5, 0.6) is 5.75 Å². The Morgan fingerprint density at radius 1 is 1.11 bits per heavy atom. The van der Waals surface area contributed by atoms with Crippen molar-refractivity contribution >= 4 is 33.2 Å². The van der Waals surface area contributed by atoms with E-state index in [-0.39, 0.29) is 21.4 Å². The molecular formula is C19H23ClN2O4S. The quantitative estimate of drug-likeness (QED) is 0.610. The molecule has 0 unspecified atom stereocenters. The zero-order valence-corrected chi connectivity index (χ0v) is 16.9. The van der Waals surface area contributed by atoms with Crippen LogP contribution in [0.4, 0.5) is 5.69 Å². The molecule has 27 heavy (non-hydrogen) atoms. The molecule has 0 spiro atoms. The lowest BCUT2D eigenvalue weighted by Gasteiger charge is -2.12. The van der Waals surface area contributed by atoms with E-state index in [9.17, 15) is 13.2 Å². The van der Waals surface area contributed by atoms with Crippen molar-refractivity contribution in [2.45, 2.75) is 31.1 Å². The van der Waals surface area contributed by atoms with Gasteiger partial charge in [0, 0.05) is 17.8 Å². The minimum Gasteiger partial charge on any atom is -0.497 e. The van der Waals surface area contributed by atoms with Gasteiger partial charge in [0.15, 0.2) is 0 Å². The van der Waals surface area contributed by atoms with E-state index < -0.39 is 10.0 Å². The lowest BCUT2D eigenvalue weighted by atomic mass is 10.2. The SMILES string of the molecule is CCCCCNC(=O)c1ccc(Cl)c(S(=O)(=O)Nc2ccc(OC)cc2)c1. The lowest BCUT2D eigenvalue weighted by molar-refractivity contribution is 0.0952. The molecule has 0 saturated heterocycles. The number of hydrogen-bond donors (Lipinski definition) is 2. The van der Waals surface area contributed by atoms with Crippen LogP contribution < -0.4 is 14.8 Å². The average Bonchev–Trinajstić information content (AvgIpc) is 2.65. The smallest absolute Gasteiger partial charge is 0.263 e. The van der Waals surface area contributed by atoms with E-state index >= 15 is 0 Å². The molecule has 0 bridgehead atoms. The molecule has 0 saturated carbocycles. The third-order valence-corrected chi connectivity index (χ3v) is 5.75. The van der Waals surface area contributed by atoms with E-state index in [0.717, 1.165) is 19.3 Å². The van der Waals surface area contributed by atoms with Gasteiger partial charge in [-0.05, 0) is 48.9 Å². The van der Waals surface area contributed by atoms with Crippen molar-refractivity contribution in [2.75, 3.05) is 18.4 Å². The second kappa shape index (κ2) is 9.62. The highest BCUT2D eigenvalue weighted by molar-refractivity contribution is 7.92. The lowest BCUT2D eigenvalue weighted by Crippen LogP contribution is -2.25. The van der Waals surface area contributed by atoms with Crippen LogP contribution in [0.15, 0.2) is 47.4 Å². The van der Waals surface area contributed by atoms with E-state index in [1.807, 2.05) is 0 Å². The Kier molecular flexibility index (Phi) is 7.50. The van der Waals surface area contributed by atoms with Crippen LogP contribution in [0.2, 0.25) is 5.02 Å². The van der Waals surface area contributed by atoms with Gasteiger partial charge < -0.3 is 10.1 Å². The summed E-state index contributed by atoms with van der Waals surface area (Å²) < 4.78 is 32.9. The summed E-state index contributed by atoms with van der Waals surface area (Å²) in [6, 6.07) is 10.6. The fraction of sp³-hybridized carbons (Fsp3) is 0.316. The van der Waals surface area contributed by atoms with Gasteiger partial charge >= 0.3 is 0 Å². The van der Waals surface area contributed by atoms with Crippen LogP contribution in [0.25, 0.3) is 0 Å². The second-order valence-corrected chi connectivity index (χ2v) is 8.00. The summed E-state index contributed by atoms with van der Waals surface area (Å²) in [7, 11) is -2.43. The summed E-state index contributed by atoms with van der Waals surface area (Å²) in [5.41, 5.74) is 0.604. The number of hydrogen-bond acceptors (Lipinski definition) is 4. The van der Waals surface area contributed by atoms with E-state index in [2.05, 4.69) is 17.0 Å². The minimum atomic E-state index is -3.95. The number of sulfonamides is 1. The summed E-state index contributed by atoms with van der Waals surface area (Å²) in [5.74, 6) is 0.279. The van der Waals surface area contributed by atoms with Gasteiger partial charge in [-0.3, -0.25) is 9.52 Å². The number of nitrogens with one attached hydrogen (secondary N) is 2. The molecule has 0 fully saturated rings. The monoisotopic (exact) mass is 410 g/mol. The molecule has 2 aromatic carbocycles. The first-order valence-electron chi connectivity index (χ1n) is 8.62. The molecule has 0 aliphatic carbocycles. The number of halogens is 1. The topological polar surface area (TPSA) is 84.5 Å². The third kappa shape index (κ3) is 5.87. The van der Waals surface area contributed by atoms with Gasteiger partial charge in [0.25, 0.3) is 15.9 Å². The molecule has 0 atom stereocenters. The largest absolute Gasteiger partial charge is 0.497 e. The zero-order valence-electron chi connectivity index (χ0n) is 15.3. The molecule has 6 nitrogen and oxygen atoms in total. The minimum absolute atomic E-state index is 0.0403. The number of carbonyl (C=O) groups is 1. The average molecular weight is 411 g/mol. The predicted molar refractivity (Wildman–Crippen MR) is 107 cm³/mol. The maximum Gasteiger partial charge on any atom is 0.263 e. The molecule has 1 amide bonds. The van der Waals surface area contributed by atoms with Crippen LogP contribution in [0.3, 0.4) is 0 Å². The van der Waals surface area contributed by atoms with Gasteiger partial charge in [0.2, 0.25) is 0 Å². The van der Waals surface area contributed by atoms with Crippen molar-refractivity contribution < 1.29 is 17.9 Å². The fourth-order valence-electron chi connectivity index (χ4n) is 2.40.